The Bertz CT molecular complexity index is 588. The van der Waals surface area contributed by atoms with Gasteiger partial charge in [-0.15, -0.1) is 0 Å². The van der Waals surface area contributed by atoms with Crippen LogP contribution >= 0.6 is 0 Å². The third-order valence-electron chi connectivity index (χ3n) is 4.19. The Labute approximate surface area is 112 Å². The van der Waals surface area contributed by atoms with Crippen LogP contribution in [0.1, 0.15) is 19.3 Å². The van der Waals surface area contributed by atoms with Crippen LogP contribution in [0.2, 0.25) is 0 Å². The lowest BCUT2D eigenvalue weighted by atomic mass is 10.2. The summed E-state index contributed by atoms with van der Waals surface area (Å²) in [5, 5.41) is 13.1. The fraction of sp³-hybridized carbons (Fsp3) is 0.467. The molecule has 1 saturated carbocycles. The van der Waals surface area contributed by atoms with Crippen molar-refractivity contribution in [2.45, 2.75) is 31.3 Å². The molecule has 1 unspecified atom stereocenters. The molecule has 0 radical (unpaired) electrons. The molecule has 2 heterocycles. The van der Waals surface area contributed by atoms with Gasteiger partial charge in [0.15, 0.2) is 0 Å². The van der Waals surface area contributed by atoms with Crippen molar-refractivity contribution in [2.24, 2.45) is 0 Å². The summed E-state index contributed by atoms with van der Waals surface area (Å²) in [4.78, 5) is 2.62. The van der Waals surface area contributed by atoms with E-state index in [1.165, 1.54) is 37.7 Å². The van der Waals surface area contributed by atoms with E-state index in [0.717, 1.165) is 17.2 Å². The Hall–Kier alpha value is -1.68. The minimum Gasteiger partial charge on any atom is -0.379 e. The number of anilines is 1. The summed E-state index contributed by atoms with van der Waals surface area (Å²) in [5.74, 6) is 0. The molecule has 2 fully saturated rings. The third-order valence-corrected chi connectivity index (χ3v) is 4.19. The number of nitrogens with zero attached hydrogens (tertiary/aromatic N) is 3. The number of hydrogen-bond donors (Lipinski definition) is 1. The second-order valence-corrected chi connectivity index (χ2v) is 5.63. The molecule has 98 valence electrons. The van der Waals surface area contributed by atoms with Gasteiger partial charge in [0.1, 0.15) is 0 Å². The molecule has 1 atom stereocenters. The SMILES string of the molecule is c1ccc2c(NC3CCN(C4CC4)C3)cnnc2c1. The molecule has 2 aromatic rings. The predicted octanol–water partition coefficient (Wildman–Crippen LogP) is 2.28. The van der Waals surface area contributed by atoms with Gasteiger partial charge >= 0.3 is 0 Å². The molecule has 4 nitrogen and oxygen atoms in total. The fourth-order valence-corrected chi connectivity index (χ4v) is 3.02. The number of likely N-dealkylation sites (tertiary alicyclic amines) is 1. The smallest absolute Gasteiger partial charge is 0.0950 e. The van der Waals surface area contributed by atoms with Crippen LogP contribution in [0.3, 0.4) is 0 Å². The molecule has 0 bridgehead atoms. The molecule has 1 N–H and O–H groups in total. The van der Waals surface area contributed by atoms with Gasteiger partial charge in [-0.25, -0.2) is 0 Å². The van der Waals surface area contributed by atoms with Crippen LogP contribution in [0, 0.1) is 0 Å². The monoisotopic (exact) mass is 254 g/mol. The Morgan fingerprint density at radius 3 is 2.95 bits per heavy atom. The van der Waals surface area contributed by atoms with E-state index >= 15 is 0 Å². The van der Waals surface area contributed by atoms with E-state index in [0.29, 0.717) is 6.04 Å². The van der Waals surface area contributed by atoms with Crippen molar-refractivity contribution in [3.8, 4) is 0 Å². The first-order chi connectivity index (χ1) is 9.40. The Kier molecular flexibility index (Phi) is 2.62. The third kappa shape index (κ3) is 2.16. The van der Waals surface area contributed by atoms with Crippen LogP contribution in [0.15, 0.2) is 30.5 Å². The number of rotatable bonds is 3. The standard InChI is InChI=1S/C15H18N4/c1-2-4-14-13(3-1)15(9-16-18-14)17-11-7-8-19(10-11)12-5-6-12/h1-4,9,11-12H,5-8,10H2,(H,17,18). The van der Waals surface area contributed by atoms with E-state index in [1.54, 1.807) is 0 Å². The van der Waals surface area contributed by atoms with E-state index in [-0.39, 0.29) is 0 Å². The van der Waals surface area contributed by atoms with Gasteiger partial charge < -0.3 is 5.32 Å². The first kappa shape index (κ1) is 11.2. The van der Waals surface area contributed by atoms with Gasteiger partial charge in [0.05, 0.1) is 17.4 Å². The maximum absolute atomic E-state index is 4.17. The van der Waals surface area contributed by atoms with Crippen LogP contribution in [0.5, 0.6) is 0 Å². The van der Waals surface area contributed by atoms with Crippen molar-refractivity contribution < 1.29 is 0 Å². The highest BCUT2D eigenvalue weighted by Gasteiger charge is 2.34. The first-order valence-corrected chi connectivity index (χ1v) is 7.11. The molecular weight excluding hydrogens is 236 g/mol. The molecule has 0 spiro atoms. The molecule has 1 aliphatic heterocycles. The van der Waals surface area contributed by atoms with Crippen LogP contribution in [-0.4, -0.2) is 40.3 Å². The van der Waals surface area contributed by atoms with Crippen LogP contribution in [0.25, 0.3) is 10.9 Å². The van der Waals surface area contributed by atoms with Crippen molar-refractivity contribution in [2.75, 3.05) is 18.4 Å². The molecule has 2 aliphatic rings. The van der Waals surface area contributed by atoms with Crippen molar-refractivity contribution in [1.29, 1.82) is 0 Å². The van der Waals surface area contributed by atoms with Crippen molar-refractivity contribution in [1.82, 2.24) is 15.1 Å². The largest absolute Gasteiger partial charge is 0.379 e. The summed E-state index contributed by atoms with van der Waals surface area (Å²) in [6.07, 6.45) is 5.87. The highest BCUT2D eigenvalue weighted by Crippen LogP contribution is 2.31. The second-order valence-electron chi connectivity index (χ2n) is 5.63. The molecule has 1 aromatic carbocycles. The summed E-state index contributed by atoms with van der Waals surface area (Å²) < 4.78 is 0. The zero-order valence-electron chi connectivity index (χ0n) is 10.9. The molecule has 19 heavy (non-hydrogen) atoms. The highest BCUT2D eigenvalue weighted by atomic mass is 15.2. The van der Waals surface area contributed by atoms with E-state index in [1.807, 2.05) is 18.3 Å². The number of fused-ring (bicyclic) bond motifs is 1. The molecule has 4 rings (SSSR count). The fourth-order valence-electron chi connectivity index (χ4n) is 3.02. The summed E-state index contributed by atoms with van der Waals surface area (Å²) in [5.41, 5.74) is 2.08. The van der Waals surface area contributed by atoms with Gasteiger partial charge in [-0.3, -0.25) is 4.90 Å². The number of hydrogen-bond acceptors (Lipinski definition) is 4. The molecule has 4 heteroatoms. The topological polar surface area (TPSA) is 41.0 Å². The summed E-state index contributed by atoms with van der Waals surface area (Å²) in [6.45, 7) is 2.40. The van der Waals surface area contributed by atoms with Gasteiger partial charge in [-0.2, -0.15) is 10.2 Å². The van der Waals surface area contributed by atoms with E-state index in [9.17, 15) is 0 Å². The number of aromatic nitrogens is 2. The second kappa shape index (κ2) is 4.46. The predicted molar refractivity (Wildman–Crippen MR) is 76.2 cm³/mol. The average molecular weight is 254 g/mol. The van der Waals surface area contributed by atoms with Crippen LogP contribution in [0.4, 0.5) is 5.69 Å². The van der Waals surface area contributed by atoms with Crippen molar-refractivity contribution >= 4 is 16.6 Å². The molecule has 0 amide bonds. The Balaban J connectivity index is 1.55. The Morgan fingerprint density at radius 1 is 1.16 bits per heavy atom. The zero-order valence-corrected chi connectivity index (χ0v) is 10.9. The maximum Gasteiger partial charge on any atom is 0.0950 e. The number of benzene rings is 1. The zero-order chi connectivity index (χ0) is 12.7. The summed E-state index contributed by atoms with van der Waals surface area (Å²) in [7, 11) is 0. The molecule has 1 aliphatic carbocycles. The highest BCUT2D eigenvalue weighted by molar-refractivity contribution is 5.90. The lowest BCUT2D eigenvalue weighted by Gasteiger charge is -2.17. The first-order valence-electron chi connectivity index (χ1n) is 7.11. The summed E-state index contributed by atoms with van der Waals surface area (Å²) >= 11 is 0. The van der Waals surface area contributed by atoms with Gasteiger partial charge in [-0.05, 0) is 25.3 Å². The van der Waals surface area contributed by atoms with E-state index in [2.05, 4.69) is 32.5 Å². The summed E-state index contributed by atoms with van der Waals surface area (Å²) in [6, 6.07) is 9.61. The van der Waals surface area contributed by atoms with Gasteiger partial charge in [0.2, 0.25) is 0 Å². The van der Waals surface area contributed by atoms with Crippen LogP contribution in [-0.2, 0) is 0 Å². The minimum atomic E-state index is 0.549. The van der Waals surface area contributed by atoms with Crippen molar-refractivity contribution in [3.05, 3.63) is 30.5 Å². The lowest BCUT2D eigenvalue weighted by molar-refractivity contribution is 0.326. The van der Waals surface area contributed by atoms with Gasteiger partial charge in [0, 0.05) is 30.6 Å². The normalized spacial score (nSPS) is 23.9. The van der Waals surface area contributed by atoms with E-state index in [4.69, 9.17) is 0 Å². The van der Waals surface area contributed by atoms with Gasteiger partial charge in [0.25, 0.3) is 0 Å². The maximum atomic E-state index is 4.17. The quantitative estimate of drug-likeness (QED) is 0.912. The van der Waals surface area contributed by atoms with Gasteiger partial charge in [-0.1, -0.05) is 18.2 Å². The minimum absolute atomic E-state index is 0.549. The molecule has 1 saturated heterocycles. The van der Waals surface area contributed by atoms with Crippen molar-refractivity contribution in [3.63, 3.8) is 0 Å². The number of nitrogens with one attached hydrogen (secondary N) is 1. The molecule has 1 aromatic heterocycles. The van der Waals surface area contributed by atoms with Crippen LogP contribution < -0.4 is 5.32 Å². The average Bonchev–Trinajstić information content (AvgIpc) is 3.20. The van der Waals surface area contributed by atoms with E-state index < -0.39 is 0 Å². The lowest BCUT2D eigenvalue weighted by Crippen LogP contribution is -2.27. The molecular formula is C15H18N4. The Morgan fingerprint density at radius 2 is 2.05 bits per heavy atom.